The van der Waals surface area contributed by atoms with Crippen LogP contribution in [0.3, 0.4) is 0 Å². The average molecular weight is 192 g/mol. The van der Waals surface area contributed by atoms with Gasteiger partial charge < -0.3 is 4.90 Å². The van der Waals surface area contributed by atoms with E-state index in [-0.39, 0.29) is 0 Å². The highest BCUT2D eigenvalue weighted by Gasteiger charge is 1.96. The molecule has 76 valence electrons. The Morgan fingerprint density at radius 3 is 2.64 bits per heavy atom. The minimum atomic E-state index is 0.606. The van der Waals surface area contributed by atoms with Crippen molar-refractivity contribution in [3.63, 3.8) is 0 Å². The zero-order chi connectivity index (χ0) is 10.2. The molecule has 0 aromatic heterocycles. The Labute approximate surface area is 84.7 Å². The van der Waals surface area contributed by atoms with E-state index in [1.54, 1.807) is 4.90 Å². The first kappa shape index (κ1) is 10.7. The van der Waals surface area contributed by atoms with Crippen LogP contribution in [0.15, 0.2) is 30.3 Å². The van der Waals surface area contributed by atoms with Gasteiger partial charge in [0.1, 0.15) is 0 Å². The van der Waals surface area contributed by atoms with Gasteiger partial charge in [-0.15, -0.1) is 0 Å². The summed E-state index contributed by atoms with van der Waals surface area (Å²) in [5.41, 5.74) is 1.23. The quantitative estimate of drug-likeness (QED) is 0.543. The number of hydrogen-bond acceptors (Lipinski definition) is 2. The van der Waals surface area contributed by atoms with E-state index in [1.165, 1.54) is 5.56 Å². The van der Waals surface area contributed by atoms with Crippen LogP contribution in [-0.4, -0.2) is 24.5 Å². The normalized spacial score (nSPS) is 9.79. The zero-order valence-corrected chi connectivity index (χ0v) is 8.44. The standard InChI is InChI=1S/C11H16N2O/c1-2-13(10-14)9-12-8-11-6-4-3-5-7-11/h3-7,10,12H,2,8-9H2,1H3. The van der Waals surface area contributed by atoms with Crippen LogP contribution < -0.4 is 5.32 Å². The summed E-state index contributed by atoms with van der Waals surface area (Å²) in [5, 5.41) is 3.20. The molecule has 0 aliphatic rings. The number of carbonyl (C=O) groups excluding carboxylic acids is 1. The molecule has 3 nitrogen and oxygen atoms in total. The van der Waals surface area contributed by atoms with Gasteiger partial charge in [0.2, 0.25) is 6.41 Å². The van der Waals surface area contributed by atoms with Gasteiger partial charge in [0.25, 0.3) is 0 Å². The second kappa shape index (κ2) is 6.16. The van der Waals surface area contributed by atoms with Crippen LogP contribution in [0.4, 0.5) is 0 Å². The van der Waals surface area contributed by atoms with Crippen molar-refractivity contribution in [3.05, 3.63) is 35.9 Å². The Morgan fingerprint density at radius 2 is 2.07 bits per heavy atom. The molecule has 0 fully saturated rings. The van der Waals surface area contributed by atoms with E-state index in [9.17, 15) is 4.79 Å². The van der Waals surface area contributed by atoms with Gasteiger partial charge in [0.15, 0.2) is 0 Å². The maximum absolute atomic E-state index is 10.5. The van der Waals surface area contributed by atoms with Crippen molar-refractivity contribution in [2.45, 2.75) is 13.5 Å². The predicted octanol–water partition coefficient (Wildman–Crippen LogP) is 1.21. The van der Waals surface area contributed by atoms with Crippen LogP contribution in [0.5, 0.6) is 0 Å². The highest BCUT2D eigenvalue weighted by atomic mass is 16.1. The molecule has 1 amide bonds. The van der Waals surface area contributed by atoms with Crippen LogP contribution in [0.25, 0.3) is 0 Å². The highest BCUT2D eigenvalue weighted by Crippen LogP contribution is 1.96. The summed E-state index contributed by atoms with van der Waals surface area (Å²) in [6.45, 7) is 4.10. The second-order valence-corrected chi connectivity index (χ2v) is 3.08. The summed E-state index contributed by atoms with van der Waals surface area (Å²) in [6.07, 6.45) is 0.859. The van der Waals surface area contributed by atoms with E-state index in [4.69, 9.17) is 0 Å². The predicted molar refractivity (Wildman–Crippen MR) is 56.6 cm³/mol. The van der Waals surface area contributed by atoms with Gasteiger partial charge in [-0.2, -0.15) is 0 Å². The largest absolute Gasteiger partial charge is 0.333 e. The first-order valence-electron chi connectivity index (χ1n) is 4.80. The third-order valence-electron chi connectivity index (χ3n) is 2.04. The zero-order valence-electron chi connectivity index (χ0n) is 8.44. The third kappa shape index (κ3) is 3.58. The molecular formula is C11H16N2O. The van der Waals surface area contributed by atoms with E-state index >= 15 is 0 Å². The van der Waals surface area contributed by atoms with Crippen molar-refractivity contribution in [2.75, 3.05) is 13.2 Å². The number of amides is 1. The lowest BCUT2D eigenvalue weighted by Gasteiger charge is -2.15. The van der Waals surface area contributed by atoms with Crippen LogP contribution in [0, 0.1) is 0 Å². The average Bonchev–Trinajstić information content (AvgIpc) is 2.26. The number of carbonyl (C=O) groups is 1. The van der Waals surface area contributed by atoms with Crippen LogP contribution >= 0.6 is 0 Å². The fourth-order valence-electron chi connectivity index (χ4n) is 1.16. The maximum Gasteiger partial charge on any atom is 0.210 e. The Balaban J connectivity index is 2.25. The highest BCUT2D eigenvalue weighted by molar-refractivity contribution is 5.46. The van der Waals surface area contributed by atoms with E-state index in [0.717, 1.165) is 19.5 Å². The van der Waals surface area contributed by atoms with E-state index in [1.807, 2.05) is 25.1 Å². The Hall–Kier alpha value is -1.35. The van der Waals surface area contributed by atoms with Crippen molar-refractivity contribution in [2.24, 2.45) is 0 Å². The number of benzene rings is 1. The lowest BCUT2D eigenvalue weighted by Crippen LogP contribution is -2.32. The van der Waals surface area contributed by atoms with E-state index < -0.39 is 0 Å². The van der Waals surface area contributed by atoms with Crippen molar-refractivity contribution in [1.82, 2.24) is 10.2 Å². The van der Waals surface area contributed by atoms with Gasteiger partial charge in [-0.25, -0.2) is 0 Å². The fourth-order valence-corrected chi connectivity index (χ4v) is 1.16. The molecule has 3 heteroatoms. The molecule has 0 saturated heterocycles. The minimum absolute atomic E-state index is 0.606. The van der Waals surface area contributed by atoms with E-state index in [0.29, 0.717) is 6.67 Å². The summed E-state index contributed by atoms with van der Waals surface area (Å²) in [4.78, 5) is 12.1. The molecule has 0 aliphatic heterocycles. The topological polar surface area (TPSA) is 32.3 Å². The van der Waals surface area contributed by atoms with Gasteiger partial charge in [0, 0.05) is 13.1 Å². The summed E-state index contributed by atoms with van der Waals surface area (Å²) in [7, 11) is 0. The molecule has 0 spiro atoms. The van der Waals surface area contributed by atoms with Gasteiger partial charge in [-0.3, -0.25) is 10.1 Å². The molecule has 0 bridgehead atoms. The molecule has 0 atom stereocenters. The first-order valence-corrected chi connectivity index (χ1v) is 4.80. The van der Waals surface area contributed by atoms with Gasteiger partial charge >= 0.3 is 0 Å². The number of hydrogen-bond donors (Lipinski definition) is 1. The molecule has 1 aromatic rings. The summed E-state index contributed by atoms with van der Waals surface area (Å²) in [6, 6.07) is 10.1. The van der Waals surface area contributed by atoms with Crippen LogP contribution in [-0.2, 0) is 11.3 Å². The number of nitrogens with one attached hydrogen (secondary N) is 1. The van der Waals surface area contributed by atoms with Crippen molar-refractivity contribution >= 4 is 6.41 Å². The molecule has 14 heavy (non-hydrogen) atoms. The van der Waals surface area contributed by atoms with Crippen molar-refractivity contribution in [1.29, 1.82) is 0 Å². The van der Waals surface area contributed by atoms with Gasteiger partial charge in [-0.1, -0.05) is 30.3 Å². The lowest BCUT2D eigenvalue weighted by molar-refractivity contribution is -0.118. The van der Waals surface area contributed by atoms with Gasteiger partial charge in [0.05, 0.1) is 6.67 Å². The minimum Gasteiger partial charge on any atom is -0.333 e. The van der Waals surface area contributed by atoms with Crippen LogP contribution in [0.2, 0.25) is 0 Å². The number of rotatable bonds is 6. The molecule has 0 unspecified atom stereocenters. The molecule has 0 aliphatic carbocycles. The summed E-state index contributed by atoms with van der Waals surface area (Å²) in [5.74, 6) is 0. The molecule has 1 rings (SSSR count). The number of nitrogens with zero attached hydrogens (tertiary/aromatic N) is 1. The molecule has 0 heterocycles. The summed E-state index contributed by atoms with van der Waals surface area (Å²) >= 11 is 0. The van der Waals surface area contributed by atoms with Crippen molar-refractivity contribution < 1.29 is 4.79 Å². The Kier molecular flexibility index (Phi) is 4.72. The van der Waals surface area contributed by atoms with Gasteiger partial charge in [-0.05, 0) is 12.5 Å². The molecule has 0 saturated carbocycles. The molecule has 0 radical (unpaired) electrons. The maximum atomic E-state index is 10.5. The molecule has 1 aromatic carbocycles. The fraction of sp³-hybridized carbons (Fsp3) is 0.364. The third-order valence-corrected chi connectivity index (χ3v) is 2.04. The first-order chi connectivity index (χ1) is 6.86. The second-order valence-electron chi connectivity index (χ2n) is 3.08. The van der Waals surface area contributed by atoms with Crippen molar-refractivity contribution in [3.8, 4) is 0 Å². The summed E-state index contributed by atoms with van der Waals surface area (Å²) < 4.78 is 0. The Bertz CT molecular complexity index is 261. The molecule has 1 N–H and O–H groups in total. The smallest absolute Gasteiger partial charge is 0.210 e. The van der Waals surface area contributed by atoms with E-state index in [2.05, 4.69) is 17.4 Å². The molecular weight excluding hydrogens is 176 g/mol. The lowest BCUT2D eigenvalue weighted by atomic mass is 10.2. The Morgan fingerprint density at radius 1 is 1.36 bits per heavy atom. The monoisotopic (exact) mass is 192 g/mol. The SMILES string of the molecule is CCN(C=O)CNCc1ccccc1. The van der Waals surface area contributed by atoms with Crippen LogP contribution in [0.1, 0.15) is 12.5 Å².